The lowest BCUT2D eigenvalue weighted by Gasteiger charge is -2.32. The van der Waals surface area contributed by atoms with E-state index in [2.05, 4.69) is 27.3 Å². The first kappa shape index (κ1) is 30.7. The monoisotopic (exact) mass is 616 g/mol. The van der Waals surface area contributed by atoms with Crippen molar-refractivity contribution < 1.29 is 27.1 Å². The van der Waals surface area contributed by atoms with Gasteiger partial charge in [-0.15, -0.1) is 0 Å². The van der Waals surface area contributed by atoms with Crippen LogP contribution in [-0.4, -0.2) is 54.0 Å². The second kappa shape index (κ2) is 13.3. The SMILES string of the molecule is N#Cc1ccc(CN2CCC(NC(=O)c3cc4cc(CN5CCC(Oc6ccc(C(F)(F)F)cc6)CC5)ccc4o3)CC2)cc1. The number of ether oxygens (including phenoxy) is 1. The summed E-state index contributed by atoms with van der Waals surface area (Å²) in [6, 6.07) is 22.6. The smallest absolute Gasteiger partial charge is 0.416 e. The summed E-state index contributed by atoms with van der Waals surface area (Å²) in [7, 11) is 0. The lowest BCUT2D eigenvalue weighted by atomic mass is 10.0. The minimum absolute atomic E-state index is 0.0369. The number of halogens is 3. The van der Waals surface area contributed by atoms with Crippen LogP contribution >= 0.6 is 0 Å². The van der Waals surface area contributed by atoms with Crippen molar-refractivity contribution in [1.82, 2.24) is 15.1 Å². The van der Waals surface area contributed by atoms with Crippen LogP contribution in [0.1, 0.15) is 58.5 Å². The van der Waals surface area contributed by atoms with Gasteiger partial charge in [0.25, 0.3) is 5.91 Å². The molecular weight excluding hydrogens is 581 g/mol. The molecule has 3 heterocycles. The Kier molecular flexibility index (Phi) is 9.10. The number of rotatable bonds is 8. The first-order chi connectivity index (χ1) is 21.7. The third-order valence-electron chi connectivity index (χ3n) is 8.64. The van der Waals surface area contributed by atoms with Gasteiger partial charge in [-0.3, -0.25) is 14.6 Å². The fourth-order valence-electron chi connectivity index (χ4n) is 6.10. The molecule has 234 valence electrons. The van der Waals surface area contributed by atoms with Crippen LogP contribution < -0.4 is 10.1 Å². The number of alkyl halides is 3. The molecule has 0 spiro atoms. The summed E-state index contributed by atoms with van der Waals surface area (Å²) in [6.45, 7) is 4.96. The number of hydrogen-bond acceptors (Lipinski definition) is 6. The maximum absolute atomic E-state index is 13.0. The molecule has 0 aliphatic carbocycles. The highest BCUT2D eigenvalue weighted by Gasteiger charge is 2.30. The van der Waals surface area contributed by atoms with Gasteiger partial charge in [0.2, 0.25) is 0 Å². The molecule has 0 radical (unpaired) electrons. The molecule has 2 aliphatic rings. The van der Waals surface area contributed by atoms with Crippen molar-refractivity contribution in [1.29, 1.82) is 5.26 Å². The predicted molar refractivity (Wildman–Crippen MR) is 164 cm³/mol. The van der Waals surface area contributed by atoms with Crippen LogP contribution in [0, 0.1) is 11.3 Å². The summed E-state index contributed by atoms with van der Waals surface area (Å²) in [5, 5.41) is 13.0. The summed E-state index contributed by atoms with van der Waals surface area (Å²) < 4.78 is 50.3. The zero-order valence-electron chi connectivity index (χ0n) is 24.9. The standard InChI is InChI=1S/C35H35F3N4O3/c36-35(37,38)28-6-8-30(9-7-28)44-31-13-17-42(18-14-31)23-26-5-10-32-27(19-26)20-33(45-32)34(43)40-29-11-15-41(16-12-29)22-25-3-1-24(21-39)2-4-25/h1-10,19-20,29,31H,11-18,22-23H2,(H,40,43). The second-order valence-corrected chi connectivity index (χ2v) is 11.9. The van der Waals surface area contributed by atoms with Crippen LogP contribution in [0.15, 0.2) is 77.2 Å². The molecular formula is C35H35F3N4O3. The number of piperidine rings is 2. The Bertz CT molecular complexity index is 1640. The van der Waals surface area contributed by atoms with E-state index < -0.39 is 11.7 Å². The molecule has 1 amide bonds. The lowest BCUT2D eigenvalue weighted by molar-refractivity contribution is -0.137. The van der Waals surface area contributed by atoms with Crippen molar-refractivity contribution in [2.45, 2.75) is 57.1 Å². The van der Waals surface area contributed by atoms with Crippen LogP contribution in [0.2, 0.25) is 0 Å². The fourth-order valence-corrected chi connectivity index (χ4v) is 6.10. The van der Waals surface area contributed by atoms with E-state index in [1.165, 1.54) is 17.7 Å². The zero-order chi connectivity index (χ0) is 31.4. The Balaban J connectivity index is 0.957. The number of benzene rings is 3. The van der Waals surface area contributed by atoms with E-state index in [4.69, 9.17) is 14.4 Å². The van der Waals surface area contributed by atoms with Crippen molar-refractivity contribution in [3.63, 3.8) is 0 Å². The van der Waals surface area contributed by atoms with Gasteiger partial charge in [0.15, 0.2) is 5.76 Å². The highest BCUT2D eigenvalue weighted by Crippen LogP contribution is 2.31. The van der Waals surface area contributed by atoms with Crippen molar-refractivity contribution in [3.8, 4) is 11.8 Å². The number of carbonyl (C=O) groups is 1. The third kappa shape index (κ3) is 7.85. The molecule has 0 unspecified atom stereocenters. The summed E-state index contributed by atoms with van der Waals surface area (Å²) in [4.78, 5) is 17.7. The highest BCUT2D eigenvalue weighted by atomic mass is 19.4. The molecule has 10 heteroatoms. The highest BCUT2D eigenvalue weighted by molar-refractivity contribution is 5.96. The molecule has 4 aromatic rings. The van der Waals surface area contributed by atoms with E-state index in [0.717, 1.165) is 88.0 Å². The van der Waals surface area contributed by atoms with E-state index in [-0.39, 0.29) is 18.1 Å². The third-order valence-corrected chi connectivity index (χ3v) is 8.64. The number of furan rings is 1. The van der Waals surface area contributed by atoms with Crippen LogP contribution in [-0.2, 0) is 19.3 Å². The van der Waals surface area contributed by atoms with Gasteiger partial charge in [0.05, 0.1) is 17.2 Å². The van der Waals surface area contributed by atoms with Gasteiger partial charge in [-0.05, 0) is 91.4 Å². The van der Waals surface area contributed by atoms with Crippen LogP contribution in [0.3, 0.4) is 0 Å². The second-order valence-electron chi connectivity index (χ2n) is 11.9. The number of likely N-dealkylation sites (tertiary alicyclic amines) is 2. The average Bonchev–Trinajstić information content (AvgIpc) is 3.47. The number of nitriles is 1. The molecule has 3 aromatic carbocycles. The minimum Gasteiger partial charge on any atom is -0.490 e. The molecule has 2 fully saturated rings. The van der Waals surface area contributed by atoms with Gasteiger partial charge >= 0.3 is 6.18 Å². The van der Waals surface area contributed by atoms with Gasteiger partial charge in [0, 0.05) is 50.7 Å². The average molecular weight is 617 g/mol. The van der Waals surface area contributed by atoms with Gasteiger partial charge in [0.1, 0.15) is 17.4 Å². The van der Waals surface area contributed by atoms with Crippen molar-refractivity contribution in [2.75, 3.05) is 26.2 Å². The van der Waals surface area contributed by atoms with Crippen molar-refractivity contribution >= 4 is 16.9 Å². The molecule has 0 atom stereocenters. The first-order valence-corrected chi connectivity index (χ1v) is 15.3. The molecule has 6 rings (SSSR count). The maximum Gasteiger partial charge on any atom is 0.416 e. The topological polar surface area (TPSA) is 81.7 Å². The molecule has 0 bridgehead atoms. The number of amides is 1. The summed E-state index contributed by atoms with van der Waals surface area (Å²) in [5.41, 5.74) is 2.94. The van der Waals surface area contributed by atoms with Gasteiger partial charge in [-0.2, -0.15) is 18.4 Å². The van der Waals surface area contributed by atoms with Gasteiger partial charge in [-0.25, -0.2) is 0 Å². The van der Waals surface area contributed by atoms with Crippen molar-refractivity contribution in [3.05, 3.63) is 101 Å². The van der Waals surface area contributed by atoms with E-state index in [1.54, 1.807) is 6.07 Å². The normalized spacial score (nSPS) is 17.3. The largest absolute Gasteiger partial charge is 0.490 e. The Morgan fingerprint density at radius 1 is 0.867 bits per heavy atom. The van der Waals surface area contributed by atoms with E-state index >= 15 is 0 Å². The number of carbonyl (C=O) groups excluding carboxylic acids is 1. The van der Waals surface area contributed by atoms with Gasteiger partial charge in [-0.1, -0.05) is 18.2 Å². The molecule has 1 aromatic heterocycles. The van der Waals surface area contributed by atoms with Crippen LogP contribution in [0.5, 0.6) is 5.75 Å². The Labute approximate surface area is 260 Å². The molecule has 0 saturated carbocycles. The Morgan fingerprint density at radius 2 is 1.49 bits per heavy atom. The molecule has 2 saturated heterocycles. The Hall–Kier alpha value is -4.33. The lowest BCUT2D eigenvalue weighted by Crippen LogP contribution is -2.44. The van der Waals surface area contributed by atoms with Crippen LogP contribution in [0.25, 0.3) is 11.0 Å². The zero-order valence-corrected chi connectivity index (χ0v) is 24.9. The first-order valence-electron chi connectivity index (χ1n) is 15.3. The van der Waals surface area contributed by atoms with Crippen LogP contribution in [0.4, 0.5) is 13.2 Å². The summed E-state index contributed by atoms with van der Waals surface area (Å²) in [5.74, 6) is 0.564. The molecule has 2 aliphatic heterocycles. The fraction of sp³-hybridized carbons (Fsp3) is 0.371. The number of hydrogen-bond donors (Lipinski definition) is 1. The number of fused-ring (bicyclic) bond motifs is 1. The molecule has 45 heavy (non-hydrogen) atoms. The summed E-state index contributed by atoms with van der Waals surface area (Å²) in [6.07, 6.45) is -1.10. The summed E-state index contributed by atoms with van der Waals surface area (Å²) >= 11 is 0. The van der Waals surface area contributed by atoms with E-state index in [9.17, 15) is 18.0 Å². The van der Waals surface area contributed by atoms with E-state index in [1.807, 2.05) is 36.4 Å². The predicted octanol–water partition coefficient (Wildman–Crippen LogP) is 6.76. The quantitative estimate of drug-likeness (QED) is 0.236. The molecule has 7 nitrogen and oxygen atoms in total. The molecule has 1 N–H and O–H groups in total. The van der Waals surface area contributed by atoms with Gasteiger partial charge < -0.3 is 14.5 Å². The minimum atomic E-state index is -4.36. The Morgan fingerprint density at radius 3 is 2.13 bits per heavy atom. The van der Waals surface area contributed by atoms with E-state index in [0.29, 0.717) is 22.7 Å². The number of nitrogens with one attached hydrogen (secondary N) is 1. The van der Waals surface area contributed by atoms with Crippen molar-refractivity contribution in [2.24, 2.45) is 0 Å². The number of nitrogens with zero attached hydrogens (tertiary/aromatic N) is 3. The maximum atomic E-state index is 13.0.